The zero-order valence-corrected chi connectivity index (χ0v) is 31.3. The van der Waals surface area contributed by atoms with Crippen LogP contribution < -0.4 is 40.4 Å². The third kappa shape index (κ3) is 21.4. The molecule has 0 spiro atoms. The van der Waals surface area contributed by atoms with E-state index in [1.165, 1.54) is 0 Å². The normalized spacial score (nSPS) is 9.85. The van der Waals surface area contributed by atoms with E-state index in [0.717, 1.165) is 36.1 Å². The molecule has 2 aromatic carbocycles. The average Bonchev–Trinajstić information content (AvgIpc) is 2.77. The molecular formula is C28H40O8P2Pd3. The van der Waals surface area contributed by atoms with Crippen molar-refractivity contribution in [1.29, 1.82) is 0 Å². The van der Waals surface area contributed by atoms with E-state index in [-0.39, 0.29) is 73.1 Å². The maximum atomic E-state index is 11.1. The molecule has 0 aromatic heterocycles. The molecule has 2 rings (SSSR count). The molecule has 0 heterocycles. The summed E-state index contributed by atoms with van der Waals surface area (Å²) in [5, 5.41) is 18.7. The second kappa shape index (κ2) is 26.5. The number of rotatable bonds is 6. The van der Waals surface area contributed by atoms with E-state index in [1.54, 1.807) is 12.1 Å². The number of hydrogen-bond acceptors (Lipinski definition) is 8. The van der Waals surface area contributed by atoms with Crippen molar-refractivity contribution in [3.05, 3.63) is 58.7 Å². The topological polar surface area (TPSA) is 172 Å². The zero-order valence-electron chi connectivity index (χ0n) is 24.9. The van der Waals surface area contributed by atoms with Crippen molar-refractivity contribution < 1.29 is 101 Å². The second-order valence-electron chi connectivity index (χ2n) is 9.68. The number of carboxylic acid groups (broad SMARTS) is 2. The fourth-order valence-electron chi connectivity index (χ4n) is 3.72. The summed E-state index contributed by atoms with van der Waals surface area (Å²) < 4.78 is 0. The number of aliphatic carboxylic acids is 2. The molecule has 0 amide bonds. The first kappa shape index (κ1) is 50.7. The molecular weight excluding hydrogens is 846 g/mol. The molecule has 0 aliphatic heterocycles. The molecule has 0 aliphatic rings. The van der Waals surface area contributed by atoms with Crippen LogP contribution in [-0.4, -0.2) is 11.9 Å². The van der Waals surface area contributed by atoms with E-state index in [9.17, 15) is 19.6 Å². The number of hydrogen-bond donors (Lipinski definition) is 0. The second-order valence-corrected chi connectivity index (χ2v) is 11.7. The smallest absolute Gasteiger partial charge is 0.838 e. The minimum atomic E-state index is -2.49. The van der Waals surface area contributed by atoms with Gasteiger partial charge in [0.1, 0.15) is 0 Å². The van der Waals surface area contributed by atoms with Crippen molar-refractivity contribution in [3.63, 3.8) is 0 Å². The first-order valence-corrected chi connectivity index (χ1v) is 14.6. The summed E-state index contributed by atoms with van der Waals surface area (Å²) in [4.78, 5) is 62.3. The molecule has 0 radical (unpaired) electrons. The molecule has 8 nitrogen and oxygen atoms in total. The van der Waals surface area contributed by atoms with Gasteiger partial charge in [0.25, 0.3) is 0 Å². The molecule has 0 atom stereocenters. The van der Waals surface area contributed by atoms with Gasteiger partial charge in [0.2, 0.25) is 0 Å². The van der Waals surface area contributed by atoms with Crippen LogP contribution in [0.25, 0.3) is 0 Å². The van der Waals surface area contributed by atoms with Crippen molar-refractivity contribution in [3.8, 4) is 0 Å². The van der Waals surface area contributed by atoms with Crippen molar-refractivity contribution in [2.24, 2.45) is 0 Å². The van der Waals surface area contributed by atoms with Gasteiger partial charge in [-0.25, -0.2) is 0 Å². The number of carbonyl (C=O) groups is 2. The summed E-state index contributed by atoms with van der Waals surface area (Å²) >= 11 is 0. The molecule has 2 aromatic rings. The van der Waals surface area contributed by atoms with Crippen LogP contribution in [0.5, 0.6) is 0 Å². The van der Waals surface area contributed by atoms with E-state index >= 15 is 0 Å². The Morgan fingerprint density at radius 1 is 0.537 bits per heavy atom. The third-order valence-electron chi connectivity index (χ3n) is 5.03. The van der Waals surface area contributed by atoms with Crippen LogP contribution in [0.15, 0.2) is 36.4 Å². The van der Waals surface area contributed by atoms with Crippen LogP contribution >= 0.6 is 16.8 Å². The average molecular weight is 886 g/mol. The summed E-state index contributed by atoms with van der Waals surface area (Å²) in [7, 11) is -4.98. The predicted octanol–water partition coefficient (Wildman–Crippen LogP) is 0.687. The summed E-state index contributed by atoms with van der Waals surface area (Å²) in [6, 6.07) is 11.0. The molecule has 240 valence electrons. The van der Waals surface area contributed by atoms with Gasteiger partial charge in [-0.1, -0.05) is 102 Å². The van der Waals surface area contributed by atoms with Crippen LogP contribution in [0.1, 0.15) is 115 Å². The van der Waals surface area contributed by atoms with Crippen LogP contribution in [0.4, 0.5) is 0 Å². The van der Waals surface area contributed by atoms with Crippen molar-refractivity contribution >= 4 is 39.3 Å². The van der Waals surface area contributed by atoms with Crippen LogP contribution in [0.2, 0.25) is 0 Å². The van der Waals surface area contributed by atoms with E-state index < -0.39 is 28.7 Å². The monoisotopic (exact) mass is 884 g/mol. The molecule has 41 heavy (non-hydrogen) atoms. The Morgan fingerprint density at radius 2 is 0.756 bits per heavy atom. The van der Waals surface area contributed by atoms with Gasteiger partial charge in [0.05, 0.1) is 0 Å². The van der Waals surface area contributed by atoms with Gasteiger partial charge in [0.15, 0.2) is 0 Å². The Balaban J connectivity index is -0.000000158. The minimum absolute atomic E-state index is 0. The fourth-order valence-corrected chi connectivity index (χ4v) is 5.31. The molecule has 13 heteroatoms. The van der Waals surface area contributed by atoms with E-state index in [4.69, 9.17) is 19.8 Å². The summed E-state index contributed by atoms with van der Waals surface area (Å²) in [5.74, 6) is -0.965. The fraction of sp³-hybridized carbons (Fsp3) is 0.500. The first-order chi connectivity index (χ1) is 17.4. The Kier molecular flexibility index (Phi) is 32.7. The maximum absolute atomic E-state index is 11.1. The summed E-state index contributed by atoms with van der Waals surface area (Å²) in [6.45, 7) is 18.4. The molecule has 0 N–H and O–H groups in total. The van der Waals surface area contributed by atoms with Crippen molar-refractivity contribution in [2.45, 2.75) is 92.9 Å². The largest absolute Gasteiger partial charge is 2.00 e. The Hall–Kier alpha value is 0.0670. The van der Waals surface area contributed by atoms with E-state index in [0.29, 0.717) is 22.4 Å². The predicted molar refractivity (Wildman–Crippen MR) is 144 cm³/mol. The number of benzene rings is 2. The van der Waals surface area contributed by atoms with Gasteiger partial charge in [-0.2, -0.15) is 0 Å². The molecule has 0 bridgehead atoms. The first-order valence-electron chi connectivity index (χ1n) is 12.3. The Morgan fingerprint density at radius 3 is 0.902 bits per heavy atom. The van der Waals surface area contributed by atoms with Gasteiger partial charge < -0.3 is 39.4 Å². The third-order valence-corrected chi connectivity index (χ3v) is 6.59. The van der Waals surface area contributed by atoms with E-state index in [1.807, 2.05) is 52.0 Å². The summed E-state index contributed by atoms with van der Waals surface area (Å²) in [5.41, 5.74) is 4.23. The standard InChI is InChI=1S/2C12H17O2P.2C2H4O2.3Pd/c2*1-8(2)10-6-5-7-11(15(13)14)12(10)9(3)4;2*1-2(3)4;;;/h2*5-9H,1-4H3;2*1H3,(H,3,4);;;/q2*-2;;;3*+2/p-2. The van der Waals surface area contributed by atoms with Gasteiger partial charge in [0, 0.05) is 11.9 Å². The van der Waals surface area contributed by atoms with Crippen LogP contribution in [0.3, 0.4) is 0 Å². The van der Waals surface area contributed by atoms with Crippen LogP contribution in [0, 0.1) is 0 Å². The van der Waals surface area contributed by atoms with Gasteiger partial charge in [-0.05, 0) is 59.8 Å². The molecule has 0 saturated heterocycles. The summed E-state index contributed by atoms with van der Waals surface area (Å²) in [6.07, 6.45) is 0. The maximum Gasteiger partial charge on any atom is 2.00 e. The Labute approximate surface area is 289 Å². The molecule has 0 aliphatic carbocycles. The van der Waals surface area contributed by atoms with Crippen molar-refractivity contribution in [1.82, 2.24) is 0 Å². The van der Waals surface area contributed by atoms with Gasteiger partial charge in [-0.3, -0.25) is 16.8 Å². The minimum Gasteiger partial charge on any atom is -0.838 e. The molecule has 0 unspecified atom stereocenters. The molecule has 0 saturated carbocycles. The zero-order chi connectivity index (χ0) is 30.3. The molecule has 0 fully saturated rings. The van der Waals surface area contributed by atoms with Gasteiger partial charge in [-0.15, -0.1) is 0 Å². The quantitative estimate of drug-likeness (QED) is 0.301. The van der Waals surface area contributed by atoms with E-state index in [2.05, 4.69) is 27.7 Å². The SMILES string of the molecule is CC(=O)[O-].CC(=O)[O-].CC(C)c1cccc(P([O-])[O-])c1C(C)C.CC(C)c1cccc(P([O-])[O-])c1C(C)C.[Pd+2].[Pd+2].[Pd+2]. The van der Waals surface area contributed by atoms with Crippen molar-refractivity contribution in [2.75, 3.05) is 0 Å². The number of carbonyl (C=O) groups excluding carboxylic acids is 2. The number of carboxylic acids is 2. The van der Waals surface area contributed by atoms with Gasteiger partial charge >= 0.3 is 61.3 Å². The van der Waals surface area contributed by atoms with Crippen LogP contribution in [-0.2, 0) is 70.9 Å². The Bertz CT molecular complexity index is 862.